The highest BCUT2D eigenvalue weighted by atomic mass is 16.5. The third-order valence-electron chi connectivity index (χ3n) is 6.13. The van der Waals surface area contributed by atoms with Crippen LogP contribution in [0.2, 0.25) is 0 Å². The molecule has 2 aliphatic carbocycles. The van der Waals surface area contributed by atoms with Crippen LogP contribution in [0.3, 0.4) is 0 Å². The van der Waals surface area contributed by atoms with Crippen LogP contribution in [-0.2, 0) is 19.1 Å². The fourth-order valence-corrected chi connectivity index (χ4v) is 4.27. The van der Waals surface area contributed by atoms with Gasteiger partial charge in [0.1, 0.15) is 11.9 Å². The lowest BCUT2D eigenvalue weighted by Crippen LogP contribution is -2.30. The molecule has 0 N–H and O–H groups in total. The Morgan fingerprint density at radius 3 is 2.04 bits per heavy atom. The first-order chi connectivity index (χ1) is 12.6. The molecule has 0 atom stereocenters. The van der Waals surface area contributed by atoms with Crippen LogP contribution in [0.25, 0.3) is 0 Å². The Morgan fingerprint density at radius 2 is 1.42 bits per heavy atom. The molecule has 0 amide bonds. The maximum Gasteiger partial charge on any atom is 0.306 e. The molecule has 0 unspecified atom stereocenters. The Hall–Kier alpha value is -0.900. The molecule has 0 saturated heterocycles. The van der Waals surface area contributed by atoms with Gasteiger partial charge in [-0.25, -0.2) is 0 Å². The quantitative estimate of drug-likeness (QED) is 0.497. The number of ether oxygens (including phenoxy) is 2. The Labute approximate surface area is 159 Å². The van der Waals surface area contributed by atoms with E-state index in [2.05, 4.69) is 0 Å². The van der Waals surface area contributed by atoms with Gasteiger partial charge in [0.05, 0.1) is 6.10 Å². The molecule has 2 fully saturated rings. The van der Waals surface area contributed by atoms with Crippen molar-refractivity contribution in [2.75, 3.05) is 6.61 Å². The molecular weight excluding hydrogens is 328 g/mol. The maximum absolute atomic E-state index is 11.6. The van der Waals surface area contributed by atoms with E-state index in [1.54, 1.807) is 0 Å². The second-order valence-electron chi connectivity index (χ2n) is 8.29. The normalized spacial score (nSPS) is 29.3. The number of Topliss-reactive ketones (excluding diaryl/α,β-unsaturated/α-hetero) is 1. The Balaban J connectivity index is 1.54. The van der Waals surface area contributed by atoms with Gasteiger partial charge in [-0.3, -0.25) is 9.59 Å². The highest BCUT2D eigenvalue weighted by Gasteiger charge is 2.26. The minimum Gasteiger partial charge on any atom is -0.462 e. The van der Waals surface area contributed by atoms with Gasteiger partial charge < -0.3 is 9.47 Å². The number of hydrogen-bond acceptors (Lipinski definition) is 4. The summed E-state index contributed by atoms with van der Waals surface area (Å²) in [5.41, 5.74) is 0. The van der Waals surface area contributed by atoms with Crippen molar-refractivity contribution in [1.82, 2.24) is 0 Å². The molecule has 0 aromatic carbocycles. The summed E-state index contributed by atoms with van der Waals surface area (Å²) in [6.07, 6.45) is 13.3. The summed E-state index contributed by atoms with van der Waals surface area (Å²) in [6, 6.07) is 0. The summed E-state index contributed by atoms with van der Waals surface area (Å²) >= 11 is 0. The monoisotopic (exact) mass is 366 g/mol. The molecule has 150 valence electrons. The van der Waals surface area contributed by atoms with Gasteiger partial charge in [-0.15, -0.1) is 0 Å². The summed E-state index contributed by atoms with van der Waals surface area (Å²) in [5.74, 6) is 1.80. The molecule has 4 nitrogen and oxygen atoms in total. The van der Waals surface area contributed by atoms with Crippen LogP contribution in [0.1, 0.15) is 97.3 Å². The lowest BCUT2D eigenvalue weighted by molar-refractivity contribution is -0.152. The van der Waals surface area contributed by atoms with E-state index in [1.807, 2.05) is 13.8 Å². The largest absolute Gasteiger partial charge is 0.462 e. The average molecular weight is 367 g/mol. The molecule has 2 aliphatic rings. The van der Waals surface area contributed by atoms with Crippen LogP contribution in [0, 0.1) is 11.8 Å². The van der Waals surface area contributed by atoms with Gasteiger partial charge in [0.15, 0.2) is 0 Å². The second-order valence-corrected chi connectivity index (χ2v) is 8.29. The van der Waals surface area contributed by atoms with Gasteiger partial charge in [-0.05, 0) is 63.2 Å². The fraction of sp³-hybridized carbons (Fsp3) is 0.909. The van der Waals surface area contributed by atoms with Crippen molar-refractivity contribution < 1.29 is 19.1 Å². The first-order valence-electron chi connectivity index (χ1n) is 10.9. The first kappa shape index (κ1) is 21.4. The maximum atomic E-state index is 11.6. The zero-order valence-corrected chi connectivity index (χ0v) is 16.8. The Bertz CT molecular complexity index is 418. The molecule has 4 heteroatoms. The predicted molar refractivity (Wildman–Crippen MR) is 103 cm³/mol. The van der Waals surface area contributed by atoms with E-state index in [-0.39, 0.29) is 12.1 Å². The predicted octanol–water partition coefficient (Wildman–Crippen LogP) is 5.22. The molecule has 26 heavy (non-hydrogen) atoms. The molecule has 0 heterocycles. The number of ketones is 1. The zero-order valence-electron chi connectivity index (χ0n) is 16.8. The third kappa shape index (κ3) is 7.77. The summed E-state index contributed by atoms with van der Waals surface area (Å²) in [6.45, 7) is 4.84. The molecular formula is C22H38O4. The zero-order chi connectivity index (χ0) is 18.8. The van der Waals surface area contributed by atoms with Crippen LogP contribution in [-0.4, -0.2) is 30.6 Å². The number of carbonyl (C=O) groups excluding carboxylic acids is 2. The van der Waals surface area contributed by atoms with Crippen molar-refractivity contribution in [1.29, 1.82) is 0 Å². The Morgan fingerprint density at radius 1 is 0.808 bits per heavy atom. The average Bonchev–Trinajstić information content (AvgIpc) is 2.66. The molecule has 0 radical (unpaired) electrons. The lowest BCUT2D eigenvalue weighted by Gasteiger charge is -2.32. The Kier molecular flexibility index (Phi) is 9.66. The highest BCUT2D eigenvalue weighted by Crippen LogP contribution is 2.33. The molecule has 0 spiro atoms. The van der Waals surface area contributed by atoms with E-state index < -0.39 is 0 Å². The topological polar surface area (TPSA) is 52.6 Å². The van der Waals surface area contributed by atoms with E-state index in [4.69, 9.17) is 9.47 Å². The van der Waals surface area contributed by atoms with Crippen LogP contribution in [0.4, 0.5) is 0 Å². The van der Waals surface area contributed by atoms with Gasteiger partial charge in [-0.2, -0.15) is 0 Å². The highest BCUT2D eigenvalue weighted by molar-refractivity contribution is 5.77. The van der Waals surface area contributed by atoms with Gasteiger partial charge in [0, 0.05) is 25.9 Å². The van der Waals surface area contributed by atoms with Gasteiger partial charge in [0.25, 0.3) is 0 Å². The standard InChI is InChI=1S/C22H38O4/c1-3-5-22(24)26-21-14-12-20(13-15-21)25-16-18-8-6-17(7-9-18)10-11-19(23)4-2/h17-18,20-21H,3-16H2,1-2H3/t17?,18?,20-,21-. The van der Waals surface area contributed by atoms with Crippen molar-refractivity contribution in [3.63, 3.8) is 0 Å². The van der Waals surface area contributed by atoms with Crippen LogP contribution < -0.4 is 0 Å². The molecule has 0 aromatic rings. The molecule has 0 aliphatic heterocycles. The van der Waals surface area contributed by atoms with E-state index in [1.165, 1.54) is 25.7 Å². The van der Waals surface area contributed by atoms with Crippen molar-refractivity contribution >= 4 is 11.8 Å². The summed E-state index contributed by atoms with van der Waals surface area (Å²) in [7, 11) is 0. The SMILES string of the molecule is CCCC(=O)O[C@H]1CC[C@H](OCC2CCC(CCC(=O)CC)CC2)CC1. The number of carbonyl (C=O) groups is 2. The number of esters is 1. The van der Waals surface area contributed by atoms with Crippen molar-refractivity contribution in [2.45, 2.75) is 110 Å². The van der Waals surface area contributed by atoms with E-state index in [0.717, 1.165) is 57.5 Å². The summed E-state index contributed by atoms with van der Waals surface area (Å²) < 4.78 is 11.7. The van der Waals surface area contributed by atoms with Crippen LogP contribution >= 0.6 is 0 Å². The second kappa shape index (κ2) is 11.7. The third-order valence-corrected chi connectivity index (χ3v) is 6.13. The molecule has 2 rings (SSSR count). The van der Waals surface area contributed by atoms with Crippen molar-refractivity contribution in [3.8, 4) is 0 Å². The van der Waals surface area contributed by atoms with E-state index in [0.29, 0.717) is 30.6 Å². The van der Waals surface area contributed by atoms with Crippen LogP contribution in [0.5, 0.6) is 0 Å². The summed E-state index contributed by atoms with van der Waals surface area (Å²) in [5, 5.41) is 0. The number of rotatable bonds is 10. The molecule has 0 aromatic heterocycles. The van der Waals surface area contributed by atoms with Gasteiger partial charge in [-0.1, -0.05) is 26.7 Å². The minimum atomic E-state index is -0.0470. The molecule has 2 saturated carbocycles. The van der Waals surface area contributed by atoms with Crippen molar-refractivity contribution in [2.24, 2.45) is 11.8 Å². The smallest absolute Gasteiger partial charge is 0.306 e. The minimum absolute atomic E-state index is 0.0470. The van der Waals surface area contributed by atoms with Crippen molar-refractivity contribution in [3.05, 3.63) is 0 Å². The fourth-order valence-electron chi connectivity index (χ4n) is 4.27. The molecule has 0 bridgehead atoms. The summed E-state index contributed by atoms with van der Waals surface area (Å²) in [4.78, 5) is 23.0. The van der Waals surface area contributed by atoms with E-state index in [9.17, 15) is 9.59 Å². The first-order valence-corrected chi connectivity index (χ1v) is 10.9. The lowest BCUT2D eigenvalue weighted by atomic mass is 9.80. The number of hydrogen-bond donors (Lipinski definition) is 0. The van der Waals surface area contributed by atoms with Gasteiger partial charge in [0.2, 0.25) is 0 Å². The van der Waals surface area contributed by atoms with Crippen LogP contribution in [0.15, 0.2) is 0 Å². The van der Waals surface area contributed by atoms with E-state index >= 15 is 0 Å². The van der Waals surface area contributed by atoms with Gasteiger partial charge >= 0.3 is 5.97 Å².